The van der Waals surface area contributed by atoms with Crippen molar-refractivity contribution in [3.63, 3.8) is 0 Å². The molecule has 0 atom stereocenters. The summed E-state index contributed by atoms with van der Waals surface area (Å²) in [5.41, 5.74) is 3.16. The van der Waals surface area contributed by atoms with Crippen LogP contribution in [0.15, 0.2) is 28.2 Å². The second-order valence-corrected chi connectivity index (χ2v) is 4.21. The minimum atomic E-state index is -0.0415. The monoisotopic (exact) mass is 290 g/mol. The third-order valence-electron chi connectivity index (χ3n) is 1.90. The van der Waals surface area contributed by atoms with Gasteiger partial charge >= 0.3 is 0 Å². The van der Waals surface area contributed by atoms with E-state index in [2.05, 4.69) is 15.9 Å². The molecule has 0 bridgehead atoms. The third-order valence-corrected chi connectivity index (χ3v) is 2.54. The summed E-state index contributed by atoms with van der Waals surface area (Å²) in [6.45, 7) is 2.29. The van der Waals surface area contributed by atoms with Gasteiger partial charge in [0.1, 0.15) is 12.4 Å². The van der Waals surface area contributed by atoms with E-state index >= 15 is 0 Å². The average molecular weight is 292 g/mol. The summed E-state index contributed by atoms with van der Waals surface area (Å²) in [6, 6.07) is 3.78. The van der Waals surface area contributed by atoms with Crippen LogP contribution in [0.1, 0.15) is 11.1 Å². The summed E-state index contributed by atoms with van der Waals surface area (Å²) in [6.07, 6.45) is 1.70. The zero-order valence-corrected chi connectivity index (χ0v) is 10.7. The molecule has 0 radical (unpaired) electrons. The van der Waals surface area contributed by atoms with E-state index in [1.54, 1.807) is 6.08 Å². The summed E-state index contributed by atoms with van der Waals surface area (Å²) in [7, 11) is 0. The third kappa shape index (κ3) is 3.52. The number of rotatable bonds is 4. The van der Waals surface area contributed by atoms with Crippen LogP contribution in [-0.2, 0) is 6.61 Å². The standard InChI is InChI=1S/C11H12BrClO2/c1-8-5-10(12)6-9(7-14)11(8)15-4-2-3-13/h2-3,5-6,14H,4,7H2,1H3/b3-2+. The minimum absolute atomic E-state index is 0.0415. The Morgan fingerprint density at radius 2 is 2.27 bits per heavy atom. The lowest BCUT2D eigenvalue weighted by Crippen LogP contribution is -2.00. The Morgan fingerprint density at radius 3 is 2.87 bits per heavy atom. The summed E-state index contributed by atoms with van der Waals surface area (Å²) >= 11 is 8.76. The van der Waals surface area contributed by atoms with E-state index in [1.807, 2.05) is 19.1 Å². The van der Waals surface area contributed by atoms with Crippen LogP contribution in [0.2, 0.25) is 0 Å². The van der Waals surface area contributed by atoms with Crippen molar-refractivity contribution in [3.05, 3.63) is 39.3 Å². The van der Waals surface area contributed by atoms with Crippen LogP contribution in [0.4, 0.5) is 0 Å². The fourth-order valence-electron chi connectivity index (χ4n) is 1.29. The maximum atomic E-state index is 9.18. The van der Waals surface area contributed by atoms with Crippen molar-refractivity contribution in [1.29, 1.82) is 0 Å². The molecule has 2 nitrogen and oxygen atoms in total. The Bertz CT molecular complexity index is 364. The van der Waals surface area contributed by atoms with E-state index in [0.717, 1.165) is 21.3 Å². The molecule has 0 unspecified atom stereocenters. The molecule has 4 heteroatoms. The van der Waals surface area contributed by atoms with Crippen molar-refractivity contribution in [2.75, 3.05) is 6.61 Å². The molecule has 0 fully saturated rings. The SMILES string of the molecule is Cc1cc(Br)cc(CO)c1OC/C=C/Cl. The van der Waals surface area contributed by atoms with Crippen molar-refractivity contribution in [2.24, 2.45) is 0 Å². The van der Waals surface area contributed by atoms with E-state index in [1.165, 1.54) is 5.54 Å². The molecule has 0 aliphatic carbocycles. The molecule has 82 valence electrons. The molecule has 0 aliphatic heterocycles. The second-order valence-electron chi connectivity index (χ2n) is 3.04. The van der Waals surface area contributed by atoms with Crippen molar-refractivity contribution in [3.8, 4) is 5.75 Å². The average Bonchev–Trinajstić information content (AvgIpc) is 2.20. The number of aliphatic hydroxyl groups excluding tert-OH is 1. The van der Waals surface area contributed by atoms with E-state index in [-0.39, 0.29) is 6.61 Å². The van der Waals surface area contributed by atoms with Crippen LogP contribution in [0.5, 0.6) is 5.75 Å². The minimum Gasteiger partial charge on any atom is -0.489 e. The predicted molar refractivity (Wildman–Crippen MR) is 65.3 cm³/mol. The van der Waals surface area contributed by atoms with Gasteiger partial charge in [-0.25, -0.2) is 0 Å². The Kier molecular flexibility index (Phi) is 5.15. The zero-order valence-electron chi connectivity index (χ0n) is 8.34. The van der Waals surface area contributed by atoms with Gasteiger partial charge in [-0.05, 0) is 30.7 Å². The van der Waals surface area contributed by atoms with Crippen molar-refractivity contribution >= 4 is 27.5 Å². The van der Waals surface area contributed by atoms with Crippen LogP contribution >= 0.6 is 27.5 Å². The van der Waals surface area contributed by atoms with Gasteiger partial charge < -0.3 is 9.84 Å². The second kappa shape index (κ2) is 6.16. The first-order chi connectivity index (χ1) is 7.19. The normalized spacial score (nSPS) is 10.9. The highest BCUT2D eigenvalue weighted by Gasteiger charge is 2.07. The Balaban J connectivity index is 2.93. The molecule has 0 saturated heterocycles. The number of hydrogen-bond donors (Lipinski definition) is 1. The summed E-state index contributed by atoms with van der Waals surface area (Å²) < 4.78 is 6.44. The van der Waals surface area contributed by atoms with E-state index < -0.39 is 0 Å². The van der Waals surface area contributed by atoms with Crippen molar-refractivity contribution in [2.45, 2.75) is 13.5 Å². The lowest BCUT2D eigenvalue weighted by Gasteiger charge is -2.12. The number of benzene rings is 1. The number of halogens is 2. The molecule has 0 amide bonds. The zero-order chi connectivity index (χ0) is 11.3. The Labute approximate surface area is 103 Å². The van der Waals surface area contributed by atoms with Crippen LogP contribution < -0.4 is 4.74 Å². The highest BCUT2D eigenvalue weighted by molar-refractivity contribution is 9.10. The molecule has 1 rings (SSSR count). The first-order valence-corrected chi connectivity index (χ1v) is 5.70. The number of hydrogen-bond acceptors (Lipinski definition) is 2. The maximum Gasteiger partial charge on any atom is 0.128 e. The fourth-order valence-corrected chi connectivity index (χ4v) is 1.98. The smallest absolute Gasteiger partial charge is 0.128 e. The quantitative estimate of drug-likeness (QED) is 0.921. The van der Waals surface area contributed by atoms with Crippen LogP contribution in [0, 0.1) is 6.92 Å². The molecular formula is C11H12BrClO2. The number of aliphatic hydroxyl groups is 1. The van der Waals surface area contributed by atoms with Gasteiger partial charge in [-0.3, -0.25) is 0 Å². The Morgan fingerprint density at radius 1 is 1.53 bits per heavy atom. The Hall–Kier alpha value is -0.510. The number of ether oxygens (including phenoxy) is 1. The summed E-state index contributed by atoms with van der Waals surface area (Å²) in [5, 5.41) is 9.18. The van der Waals surface area contributed by atoms with Gasteiger partial charge in [0.25, 0.3) is 0 Å². The molecule has 1 N–H and O–H groups in total. The molecule has 0 aromatic heterocycles. The van der Waals surface area contributed by atoms with E-state index in [9.17, 15) is 5.11 Å². The molecule has 1 aromatic carbocycles. The molecule has 0 heterocycles. The molecule has 15 heavy (non-hydrogen) atoms. The van der Waals surface area contributed by atoms with Crippen molar-refractivity contribution in [1.82, 2.24) is 0 Å². The van der Waals surface area contributed by atoms with Gasteiger partial charge in [0.2, 0.25) is 0 Å². The maximum absolute atomic E-state index is 9.18. The van der Waals surface area contributed by atoms with Gasteiger partial charge in [-0.15, -0.1) is 0 Å². The summed E-state index contributed by atoms with van der Waals surface area (Å²) in [4.78, 5) is 0. The molecule has 0 spiro atoms. The molecular weight excluding hydrogens is 279 g/mol. The fraction of sp³-hybridized carbons (Fsp3) is 0.273. The van der Waals surface area contributed by atoms with Gasteiger partial charge in [-0.1, -0.05) is 27.5 Å². The molecule has 0 saturated carbocycles. The predicted octanol–water partition coefficient (Wildman–Crippen LogP) is 3.38. The first-order valence-electron chi connectivity index (χ1n) is 4.47. The topological polar surface area (TPSA) is 29.5 Å². The molecule has 1 aromatic rings. The first kappa shape index (κ1) is 12.6. The van der Waals surface area contributed by atoms with E-state index in [4.69, 9.17) is 16.3 Å². The van der Waals surface area contributed by atoms with Crippen LogP contribution in [-0.4, -0.2) is 11.7 Å². The largest absolute Gasteiger partial charge is 0.489 e. The van der Waals surface area contributed by atoms with Crippen molar-refractivity contribution < 1.29 is 9.84 Å². The molecule has 0 aliphatic rings. The van der Waals surface area contributed by atoms with Gasteiger partial charge in [0.05, 0.1) is 6.61 Å². The van der Waals surface area contributed by atoms with Gasteiger partial charge in [0.15, 0.2) is 0 Å². The lowest BCUT2D eigenvalue weighted by atomic mass is 10.1. The highest BCUT2D eigenvalue weighted by Crippen LogP contribution is 2.28. The number of aryl methyl sites for hydroxylation is 1. The van der Waals surface area contributed by atoms with E-state index in [0.29, 0.717) is 6.61 Å². The summed E-state index contributed by atoms with van der Waals surface area (Å²) in [5.74, 6) is 0.718. The highest BCUT2D eigenvalue weighted by atomic mass is 79.9. The lowest BCUT2D eigenvalue weighted by molar-refractivity contribution is 0.269. The van der Waals surface area contributed by atoms with Crippen LogP contribution in [0.25, 0.3) is 0 Å². The van der Waals surface area contributed by atoms with Crippen LogP contribution in [0.3, 0.4) is 0 Å². The van der Waals surface area contributed by atoms with Gasteiger partial charge in [-0.2, -0.15) is 0 Å². The van der Waals surface area contributed by atoms with Gasteiger partial charge in [0, 0.05) is 15.6 Å².